The van der Waals surface area contributed by atoms with Gasteiger partial charge in [-0.1, -0.05) is 6.42 Å². The lowest BCUT2D eigenvalue weighted by Crippen LogP contribution is -2.39. The molecule has 0 bridgehead atoms. The van der Waals surface area contributed by atoms with Gasteiger partial charge in [-0.25, -0.2) is 0 Å². The van der Waals surface area contributed by atoms with E-state index in [9.17, 15) is 9.59 Å². The summed E-state index contributed by atoms with van der Waals surface area (Å²) in [6, 6.07) is -0.710. The molecule has 0 spiro atoms. The van der Waals surface area contributed by atoms with Crippen LogP contribution in [0, 0.1) is 0 Å². The molecule has 0 aliphatic rings. The van der Waals surface area contributed by atoms with E-state index in [4.69, 9.17) is 15.7 Å². The number of likely N-dealkylation sites (N-methyl/N-ethyl adjacent to an activating group) is 1. The van der Waals surface area contributed by atoms with E-state index in [0.717, 1.165) is 12.8 Å². The summed E-state index contributed by atoms with van der Waals surface area (Å²) < 4.78 is 4.95. The summed E-state index contributed by atoms with van der Waals surface area (Å²) in [5.74, 6) is -0.751. The number of nitrogens with one attached hydrogen (secondary N) is 2. The molecule has 0 aliphatic carbocycles. The molecule has 1 unspecified atom stereocenters. The molecular formula is C14H30N4O4. The van der Waals surface area contributed by atoms with E-state index in [-0.39, 0.29) is 18.7 Å². The topological polar surface area (TPSA) is 117 Å². The number of unbranched alkanes of at least 4 members (excludes halogenated alkanes) is 1. The van der Waals surface area contributed by atoms with Crippen LogP contribution in [0.2, 0.25) is 0 Å². The second kappa shape index (κ2) is 12.3. The Balaban J connectivity index is 3.81. The Kier molecular flexibility index (Phi) is 11.7. The van der Waals surface area contributed by atoms with Crippen molar-refractivity contribution in [1.29, 1.82) is 0 Å². The fourth-order valence-electron chi connectivity index (χ4n) is 1.88. The zero-order valence-corrected chi connectivity index (χ0v) is 13.8. The molecule has 0 aliphatic heterocycles. The van der Waals surface area contributed by atoms with Crippen LogP contribution >= 0.6 is 0 Å². The molecule has 0 rings (SSSR count). The van der Waals surface area contributed by atoms with Gasteiger partial charge in [0.05, 0.1) is 6.17 Å². The standard InChI is InChI=1S/C14H30N4O4/c1-4-18(5-2)13(19)10-22-14(20)12(15)8-6-7-9-16-11(3)17-21/h11-12,16-17,21H,4-10,15H2,1-3H3/t11?,12-/m0/s1. The highest BCUT2D eigenvalue weighted by molar-refractivity contribution is 5.82. The number of amides is 1. The molecule has 0 saturated carbocycles. The van der Waals surface area contributed by atoms with E-state index in [0.29, 0.717) is 26.1 Å². The van der Waals surface area contributed by atoms with E-state index in [2.05, 4.69) is 10.8 Å². The van der Waals surface area contributed by atoms with Gasteiger partial charge >= 0.3 is 5.97 Å². The SMILES string of the molecule is CCN(CC)C(=O)COC(=O)[C@@H](N)CCCCNC(C)NO. The molecule has 0 saturated heterocycles. The first-order valence-corrected chi connectivity index (χ1v) is 7.79. The van der Waals surface area contributed by atoms with Gasteiger partial charge in [0.15, 0.2) is 6.61 Å². The van der Waals surface area contributed by atoms with Gasteiger partial charge in [0.25, 0.3) is 5.91 Å². The van der Waals surface area contributed by atoms with Crippen LogP contribution in [0.15, 0.2) is 0 Å². The molecule has 5 N–H and O–H groups in total. The Bertz CT molecular complexity index is 324. The van der Waals surface area contributed by atoms with Gasteiger partial charge in [0, 0.05) is 13.1 Å². The molecule has 0 radical (unpaired) electrons. The zero-order chi connectivity index (χ0) is 17.0. The maximum Gasteiger partial charge on any atom is 0.323 e. The van der Waals surface area contributed by atoms with Gasteiger partial charge in [0.2, 0.25) is 0 Å². The number of nitrogens with zero attached hydrogens (tertiary/aromatic N) is 1. The normalized spacial score (nSPS) is 13.5. The van der Waals surface area contributed by atoms with E-state index >= 15 is 0 Å². The minimum atomic E-state index is -0.710. The van der Waals surface area contributed by atoms with Crippen molar-refractivity contribution in [1.82, 2.24) is 15.7 Å². The van der Waals surface area contributed by atoms with E-state index < -0.39 is 12.0 Å². The van der Waals surface area contributed by atoms with Crippen molar-refractivity contribution < 1.29 is 19.5 Å². The lowest BCUT2D eigenvalue weighted by molar-refractivity contribution is -0.153. The number of ether oxygens (including phenoxy) is 1. The van der Waals surface area contributed by atoms with Crippen LogP contribution in [0.3, 0.4) is 0 Å². The average Bonchev–Trinajstić information content (AvgIpc) is 2.52. The molecule has 8 nitrogen and oxygen atoms in total. The number of hydroxylamine groups is 1. The van der Waals surface area contributed by atoms with Crippen molar-refractivity contribution >= 4 is 11.9 Å². The van der Waals surface area contributed by atoms with Gasteiger partial charge in [-0.15, -0.1) is 0 Å². The summed E-state index contributed by atoms with van der Waals surface area (Å²) in [7, 11) is 0. The fourth-order valence-corrected chi connectivity index (χ4v) is 1.88. The lowest BCUT2D eigenvalue weighted by Gasteiger charge is -2.19. The highest BCUT2D eigenvalue weighted by atomic mass is 16.5. The second-order valence-electron chi connectivity index (χ2n) is 5.08. The van der Waals surface area contributed by atoms with Crippen LogP contribution in [0.5, 0.6) is 0 Å². The molecule has 130 valence electrons. The smallest absolute Gasteiger partial charge is 0.323 e. The molecule has 0 aromatic heterocycles. The summed E-state index contributed by atoms with van der Waals surface area (Å²) in [6.07, 6.45) is 1.90. The summed E-state index contributed by atoms with van der Waals surface area (Å²) >= 11 is 0. The third kappa shape index (κ3) is 8.93. The zero-order valence-electron chi connectivity index (χ0n) is 13.8. The van der Waals surface area contributed by atoms with Crippen molar-refractivity contribution in [2.45, 2.75) is 52.2 Å². The number of esters is 1. The van der Waals surface area contributed by atoms with Gasteiger partial charge in [-0.3, -0.25) is 9.59 Å². The van der Waals surface area contributed by atoms with Gasteiger partial charge in [-0.05, 0) is 40.2 Å². The van der Waals surface area contributed by atoms with Crippen LogP contribution in [0.1, 0.15) is 40.0 Å². The minimum absolute atomic E-state index is 0.176. The number of nitrogens with two attached hydrogens (primary N) is 1. The van der Waals surface area contributed by atoms with Crippen LogP contribution in [0.4, 0.5) is 0 Å². The van der Waals surface area contributed by atoms with E-state index in [1.807, 2.05) is 13.8 Å². The molecule has 8 heteroatoms. The van der Waals surface area contributed by atoms with Crippen molar-refractivity contribution in [2.75, 3.05) is 26.2 Å². The van der Waals surface area contributed by atoms with Gasteiger partial charge in [0.1, 0.15) is 6.04 Å². The molecular weight excluding hydrogens is 288 g/mol. The molecule has 0 aromatic rings. The van der Waals surface area contributed by atoms with Gasteiger partial charge in [-0.2, -0.15) is 5.48 Å². The maximum absolute atomic E-state index is 11.7. The average molecular weight is 318 g/mol. The Morgan fingerprint density at radius 2 is 1.91 bits per heavy atom. The van der Waals surface area contributed by atoms with Crippen molar-refractivity contribution in [3.63, 3.8) is 0 Å². The van der Waals surface area contributed by atoms with Crippen molar-refractivity contribution in [3.8, 4) is 0 Å². The molecule has 0 aromatic carbocycles. The highest BCUT2D eigenvalue weighted by Gasteiger charge is 2.17. The molecule has 22 heavy (non-hydrogen) atoms. The summed E-state index contributed by atoms with van der Waals surface area (Å²) in [5, 5.41) is 11.6. The Hall–Kier alpha value is -1.22. The van der Waals surface area contributed by atoms with Crippen LogP contribution in [0.25, 0.3) is 0 Å². The summed E-state index contributed by atoms with van der Waals surface area (Å²) in [4.78, 5) is 25.0. The molecule has 2 atom stereocenters. The first-order valence-electron chi connectivity index (χ1n) is 7.79. The van der Waals surface area contributed by atoms with Crippen LogP contribution < -0.4 is 16.5 Å². The fraction of sp³-hybridized carbons (Fsp3) is 0.857. The second-order valence-corrected chi connectivity index (χ2v) is 5.08. The van der Waals surface area contributed by atoms with Crippen molar-refractivity contribution in [2.24, 2.45) is 5.73 Å². The number of rotatable bonds is 12. The number of hydrogen-bond acceptors (Lipinski definition) is 7. The first-order chi connectivity index (χ1) is 10.5. The van der Waals surface area contributed by atoms with Crippen LogP contribution in [-0.2, 0) is 14.3 Å². The number of carbonyl (C=O) groups is 2. The third-order valence-electron chi connectivity index (χ3n) is 3.34. The molecule has 0 heterocycles. The lowest BCUT2D eigenvalue weighted by atomic mass is 10.1. The van der Waals surface area contributed by atoms with Gasteiger partial charge < -0.3 is 25.9 Å². The third-order valence-corrected chi connectivity index (χ3v) is 3.34. The van der Waals surface area contributed by atoms with Crippen LogP contribution in [-0.4, -0.2) is 60.4 Å². The Morgan fingerprint density at radius 3 is 2.45 bits per heavy atom. The quantitative estimate of drug-likeness (QED) is 0.170. The monoisotopic (exact) mass is 318 g/mol. The molecule has 0 fully saturated rings. The van der Waals surface area contributed by atoms with E-state index in [1.165, 1.54) is 0 Å². The molecule has 1 amide bonds. The predicted molar refractivity (Wildman–Crippen MR) is 83.1 cm³/mol. The highest BCUT2D eigenvalue weighted by Crippen LogP contribution is 2.01. The number of carbonyl (C=O) groups excluding carboxylic acids is 2. The Morgan fingerprint density at radius 1 is 1.27 bits per heavy atom. The minimum Gasteiger partial charge on any atom is -0.454 e. The first kappa shape index (κ1) is 20.8. The summed E-state index contributed by atoms with van der Waals surface area (Å²) in [5.41, 5.74) is 7.82. The summed E-state index contributed by atoms with van der Waals surface area (Å²) in [6.45, 7) is 7.16. The van der Waals surface area contributed by atoms with E-state index in [1.54, 1.807) is 11.8 Å². The Labute approximate surface area is 132 Å². The van der Waals surface area contributed by atoms with Crippen molar-refractivity contribution in [3.05, 3.63) is 0 Å². The largest absolute Gasteiger partial charge is 0.454 e. The maximum atomic E-state index is 11.7. The predicted octanol–water partition coefficient (Wildman–Crippen LogP) is -0.190. The number of hydrogen-bond donors (Lipinski definition) is 4.